The van der Waals surface area contributed by atoms with Crippen LogP contribution in [-0.2, 0) is 0 Å². The van der Waals surface area contributed by atoms with E-state index in [4.69, 9.17) is 5.11 Å². The largest absolute Gasteiger partial charge is 0.711 e. The van der Waals surface area contributed by atoms with Crippen LogP contribution in [0, 0.1) is 22.2 Å². The van der Waals surface area contributed by atoms with Gasteiger partial charge in [0.1, 0.15) is 12.3 Å². The molecule has 0 saturated carbocycles. The smallest absolute Gasteiger partial charge is 0.288 e. The molecule has 1 rings (SSSR count). The van der Waals surface area contributed by atoms with Crippen molar-refractivity contribution in [3.63, 3.8) is 0 Å². The van der Waals surface area contributed by atoms with Crippen molar-refractivity contribution in [1.29, 1.82) is 0 Å². The fraction of sp³-hybridized carbons (Fsp3) is 0.500. The molecule has 1 N–H and O–H groups in total. The number of hydrogen-bond donors (Lipinski definition) is 1. The van der Waals surface area contributed by atoms with Crippen LogP contribution in [0.5, 0.6) is 0 Å². The summed E-state index contributed by atoms with van der Waals surface area (Å²) in [6.45, 7) is 3.50. The monoisotopic (exact) mass is 241 g/mol. The Balaban J connectivity index is 3.22. The van der Waals surface area contributed by atoms with Crippen LogP contribution in [0.1, 0.15) is 18.9 Å². The van der Waals surface area contributed by atoms with E-state index < -0.39 is 4.92 Å². The first-order chi connectivity index (χ1) is 8.01. The van der Waals surface area contributed by atoms with Crippen molar-refractivity contribution < 1.29 is 14.8 Å². The highest BCUT2D eigenvalue weighted by atomic mass is 16.6. The first-order valence-corrected chi connectivity index (χ1v) is 5.25. The Bertz CT molecular complexity index is 422. The van der Waals surface area contributed by atoms with Crippen molar-refractivity contribution in [2.24, 2.45) is 0 Å². The first kappa shape index (κ1) is 13.2. The maximum Gasteiger partial charge on any atom is 0.288 e. The van der Waals surface area contributed by atoms with E-state index in [1.54, 1.807) is 0 Å². The van der Waals surface area contributed by atoms with Gasteiger partial charge in [-0.25, -0.2) is 9.63 Å². The summed E-state index contributed by atoms with van der Waals surface area (Å²) in [7, 11) is 0. The molecular weight excluding hydrogens is 226 g/mol. The van der Waals surface area contributed by atoms with Gasteiger partial charge in [-0.3, -0.25) is 10.1 Å². The van der Waals surface area contributed by atoms with Gasteiger partial charge in [0.25, 0.3) is 11.5 Å². The van der Waals surface area contributed by atoms with Gasteiger partial charge in [-0.2, -0.15) is 0 Å². The van der Waals surface area contributed by atoms with Gasteiger partial charge in [0.05, 0.1) is 17.0 Å². The molecule has 1 heterocycles. The number of aliphatic hydroxyl groups excluding tert-OH is 1. The lowest BCUT2D eigenvalue weighted by molar-refractivity contribution is -0.593. The Hall–Kier alpha value is -1.89. The molecule has 0 amide bonds. The second-order valence-electron chi connectivity index (χ2n) is 3.69. The van der Waals surface area contributed by atoms with Crippen molar-refractivity contribution >= 4 is 11.5 Å². The van der Waals surface area contributed by atoms with Gasteiger partial charge < -0.3 is 10.3 Å². The minimum Gasteiger partial charge on any atom is -0.711 e. The highest BCUT2D eigenvalue weighted by Gasteiger charge is 2.22. The van der Waals surface area contributed by atoms with Crippen molar-refractivity contribution in [2.45, 2.75) is 20.3 Å². The standard InChI is InChI=1S/C10H15N3O4/c1-3-4-11(7-14)10-5-9(13(16)17)8(2)6-12(10)15/h5-6,14H,3-4,7H2,1-2H3. The summed E-state index contributed by atoms with van der Waals surface area (Å²) in [5.41, 5.74) is 0.171. The molecule has 7 heteroatoms. The van der Waals surface area contributed by atoms with E-state index in [9.17, 15) is 15.3 Å². The fourth-order valence-electron chi connectivity index (χ4n) is 1.56. The number of aryl methyl sites for hydroxylation is 1. The number of nitro groups is 1. The Kier molecular flexibility index (Phi) is 4.22. The van der Waals surface area contributed by atoms with Crippen LogP contribution in [0.15, 0.2) is 12.3 Å². The van der Waals surface area contributed by atoms with Gasteiger partial charge in [0.15, 0.2) is 6.73 Å². The Morgan fingerprint density at radius 1 is 1.59 bits per heavy atom. The van der Waals surface area contributed by atoms with Gasteiger partial charge in [-0.1, -0.05) is 6.92 Å². The average molecular weight is 241 g/mol. The van der Waals surface area contributed by atoms with Crippen LogP contribution >= 0.6 is 0 Å². The summed E-state index contributed by atoms with van der Waals surface area (Å²) < 4.78 is 0.536. The van der Waals surface area contributed by atoms with Crippen LogP contribution in [-0.4, -0.2) is 23.3 Å². The predicted molar refractivity (Wildman–Crippen MR) is 61.5 cm³/mol. The summed E-state index contributed by atoms with van der Waals surface area (Å²) in [6, 6.07) is 1.19. The van der Waals surface area contributed by atoms with Crippen LogP contribution in [0.25, 0.3) is 0 Å². The lowest BCUT2D eigenvalue weighted by atomic mass is 10.2. The molecule has 0 aliphatic rings. The quantitative estimate of drug-likeness (QED) is 0.269. The van der Waals surface area contributed by atoms with Crippen molar-refractivity contribution in [3.8, 4) is 0 Å². The van der Waals surface area contributed by atoms with E-state index in [0.717, 1.165) is 12.6 Å². The number of anilines is 1. The molecule has 0 aromatic carbocycles. The zero-order valence-electron chi connectivity index (χ0n) is 9.79. The van der Waals surface area contributed by atoms with E-state index in [-0.39, 0.29) is 18.2 Å². The average Bonchev–Trinajstić information content (AvgIpc) is 2.26. The minimum atomic E-state index is -0.541. The van der Waals surface area contributed by atoms with Gasteiger partial charge in [-0.05, 0) is 13.3 Å². The second kappa shape index (κ2) is 5.44. The number of aliphatic hydroxyl groups is 1. The maximum absolute atomic E-state index is 11.6. The molecule has 0 aliphatic carbocycles. The van der Waals surface area contributed by atoms with E-state index in [0.29, 0.717) is 16.8 Å². The topological polar surface area (TPSA) is 93.5 Å². The first-order valence-electron chi connectivity index (χ1n) is 5.25. The van der Waals surface area contributed by atoms with Crippen LogP contribution < -0.4 is 9.63 Å². The molecule has 0 spiro atoms. The Morgan fingerprint density at radius 3 is 2.71 bits per heavy atom. The third kappa shape index (κ3) is 2.82. The molecule has 0 atom stereocenters. The molecule has 0 unspecified atom stereocenters. The highest BCUT2D eigenvalue weighted by Crippen LogP contribution is 2.21. The zero-order chi connectivity index (χ0) is 13.0. The highest BCUT2D eigenvalue weighted by molar-refractivity contribution is 5.46. The summed E-state index contributed by atoms with van der Waals surface area (Å²) >= 11 is 0. The third-order valence-electron chi connectivity index (χ3n) is 2.39. The van der Waals surface area contributed by atoms with Gasteiger partial charge in [0.2, 0.25) is 0 Å². The summed E-state index contributed by atoms with van der Waals surface area (Å²) in [4.78, 5) is 11.6. The second-order valence-corrected chi connectivity index (χ2v) is 3.69. The molecule has 94 valence electrons. The molecule has 17 heavy (non-hydrogen) atoms. The molecule has 0 bridgehead atoms. The Morgan fingerprint density at radius 2 is 2.24 bits per heavy atom. The molecule has 1 aromatic rings. The van der Waals surface area contributed by atoms with E-state index >= 15 is 0 Å². The number of hydrogen-bond acceptors (Lipinski definition) is 5. The summed E-state index contributed by atoms with van der Waals surface area (Å²) in [5.74, 6) is 0.0895. The molecule has 0 fully saturated rings. The number of aromatic nitrogens is 1. The number of pyridine rings is 1. The fourth-order valence-corrected chi connectivity index (χ4v) is 1.56. The molecule has 7 nitrogen and oxygen atoms in total. The van der Waals surface area contributed by atoms with Crippen molar-refractivity contribution in [3.05, 3.63) is 33.1 Å². The van der Waals surface area contributed by atoms with E-state index in [1.165, 1.54) is 17.9 Å². The normalized spacial score (nSPS) is 10.3. The molecule has 0 aliphatic heterocycles. The van der Waals surface area contributed by atoms with Crippen LogP contribution in [0.2, 0.25) is 0 Å². The summed E-state index contributed by atoms with van der Waals surface area (Å²) in [6.07, 6.45) is 1.87. The number of nitrogens with zero attached hydrogens (tertiary/aromatic N) is 3. The van der Waals surface area contributed by atoms with Gasteiger partial charge >= 0.3 is 0 Å². The third-order valence-corrected chi connectivity index (χ3v) is 2.39. The molecular formula is C10H15N3O4. The van der Waals surface area contributed by atoms with Gasteiger partial charge in [-0.15, -0.1) is 0 Å². The van der Waals surface area contributed by atoms with Crippen LogP contribution in [0.4, 0.5) is 11.5 Å². The van der Waals surface area contributed by atoms with Crippen LogP contribution in [0.3, 0.4) is 0 Å². The predicted octanol–water partition coefficient (Wildman–Crippen LogP) is 0.703. The molecule has 0 saturated heterocycles. The summed E-state index contributed by atoms with van der Waals surface area (Å²) in [5, 5.41) is 31.5. The lowest BCUT2D eigenvalue weighted by Gasteiger charge is -2.18. The van der Waals surface area contributed by atoms with Crippen molar-refractivity contribution in [1.82, 2.24) is 0 Å². The van der Waals surface area contributed by atoms with E-state index in [1.807, 2.05) is 6.92 Å². The van der Waals surface area contributed by atoms with Gasteiger partial charge in [0, 0.05) is 0 Å². The SMILES string of the molecule is CCCN(CO)c1cc([N+](=O)[O-])c(C)c[n+]1[O-]. The Labute approximate surface area is 98.6 Å². The molecule has 1 aromatic heterocycles. The zero-order valence-corrected chi connectivity index (χ0v) is 9.79. The minimum absolute atomic E-state index is 0.0895. The van der Waals surface area contributed by atoms with E-state index in [2.05, 4.69) is 0 Å². The molecule has 0 radical (unpaired) electrons. The number of rotatable bonds is 5. The lowest BCUT2D eigenvalue weighted by Crippen LogP contribution is -2.39. The maximum atomic E-state index is 11.6. The van der Waals surface area contributed by atoms with Crippen molar-refractivity contribution in [2.75, 3.05) is 18.2 Å².